The van der Waals surface area contributed by atoms with Crippen molar-refractivity contribution in [2.24, 2.45) is 0 Å². The molecule has 0 aliphatic carbocycles. The van der Waals surface area contributed by atoms with E-state index in [1.54, 1.807) is 0 Å². The molecule has 1 aliphatic heterocycles. The van der Waals surface area contributed by atoms with Gasteiger partial charge in [-0.2, -0.15) is 0 Å². The van der Waals surface area contributed by atoms with Crippen molar-refractivity contribution >= 4 is 17.8 Å². The lowest BCUT2D eigenvalue weighted by Crippen LogP contribution is -2.30. The predicted octanol–water partition coefficient (Wildman–Crippen LogP) is 1.64. The highest BCUT2D eigenvalue weighted by molar-refractivity contribution is 8.14. The minimum atomic E-state index is -0.993. The first-order valence-corrected chi connectivity index (χ1v) is 7.31. The molecule has 0 radical (unpaired) electrons. The molecular formula is C7H15OPS. The van der Waals surface area contributed by atoms with Gasteiger partial charge in [-0.05, 0) is 44.8 Å². The summed E-state index contributed by atoms with van der Waals surface area (Å²) in [6.07, 6.45) is 4.02. The third-order valence-electron chi connectivity index (χ3n) is 2.25. The Morgan fingerprint density at radius 2 is 1.80 bits per heavy atom. The van der Waals surface area contributed by atoms with Gasteiger partial charge in [0, 0.05) is 0 Å². The second kappa shape index (κ2) is 2.58. The highest BCUT2D eigenvalue weighted by atomic mass is 32.4. The van der Waals surface area contributed by atoms with E-state index >= 15 is 0 Å². The Balaban J connectivity index is 2.54. The van der Waals surface area contributed by atoms with Crippen LogP contribution in [0.3, 0.4) is 0 Å². The number of hydrogen-bond donors (Lipinski definition) is 1. The van der Waals surface area contributed by atoms with Crippen molar-refractivity contribution in [1.82, 2.24) is 0 Å². The van der Waals surface area contributed by atoms with Crippen molar-refractivity contribution in [3.63, 3.8) is 0 Å². The minimum absolute atomic E-state index is 0.404. The summed E-state index contributed by atoms with van der Waals surface area (Å²) >= 11 is 5.40. The maximum Gasteiger partial charge on any atom is 0.0627 e. The van der Waals surface area contributed by atoms with Crippen LogP contribution >= 0.6 is 6.04 Å². The van der Waals surface area contributed by atoms with Gasteiger partial charge in [-0.3, -0.25) is 0 Å². The van der Waals surface area contributed by atoms with Crippen LogP contribution < -0.4 is 0 Å². The third-order valence-corrected chi connectivity index (χ3v) is 5.68. The van der Waals surface area contributed by atoms with Crippen molar-refractivity contribution in [1.29, 1.82) is 0 Å². The second-order valence-electron chi connectivity index (χ2n) is 3.74. The molecule has 0 spiro atoms. The molecule has 1 aliphatic rings. The Kier molecular flexibility index (Phi) is 2.25. The van der Waals surface area contributed by atoms with E-state index in [2.05, 4.69) is 6.66 Å². The van der Waals surface area contributed by atoms with Crippen LogP contribution in [0.1, 0.15) is 19.8 Å². The van der Waals surface area contributed by atoms with Crippen molar-refractivity contribution in [2.45, 2.75) is 25.4 Å². The molecule has 1 rings (SSSR count). The Hall–Kier alpha value is 0.610. The van der Waals surface area contributed by atoms with Crippen LogP contribution in [0.15, 0.2) is 0 Å². The molecule has 0 aromatic heterocycles. The first kappa shape index (κ1) is 8.70. The lowest BCUT2D eigenvalue weighted by Gasteiger charge is -2.33. The van der Waals surface area contributed by atoms with Crippen LogP contribution in [-0.4, -0.2) is 29.7 Å². The molecule has 0 aromatic rings. The molecule has 1 saturated heterocycles. The van der Waals surface area contributed by atoms with E-state index in [-0.39, 0.29) is 0 Å². The van der Waals surface area contributed by atoms with E-state index < -0.39 is 11.6 Å². The average Bonchev–Trinajstić information content (AvgIpc) is 1.79. The zero-order chi connectivity index (χ0) is 7.83. The maximum absolute atomic E-state index is 9.58. The quantitative estimate of drug-likeness (QED) is 0.569. The van der Waals surface area contributed by atoms with E-state index in [1.165, 1.54) is 0 Å². The molecule has 1 nitrogen and oxygen atoms in total. The average molecular weight is 178 g/mol. The molecule has 0 bridgehead atoms. The summed E-state index contributed by atoms with van der Waals surface area (Å²) in [5.74, 6) is 0. The standard InChI is InChI=1S/C7H15OPS/c1-7(8)3-5-9(2,10)6-4-7/h8H,3-6H2,1-2H3. The monoisotopic (exact) mass is 178 g/mol. The van der Waals surface area contributed by atoms with Crippen LogP contribution in [0.25, 0.3) is 0 Å². The zero-order valence-corrected chi connectivity index (χ0v) is 8.34. The molecule has 60 valence electrons. The number of hydrogen-bond acceptors (Lipinski definition) is 2. The van der Waals surface area contributed by atoms with Crippen LogP contribution in [0.4, 0.5) is 0 Å². The van der Waals surface area contributed by atoms with Crippen LogP contribution in [0.2, 0.25) is 0 Å². The summed E-state index contributed by atoms with van der Waals surface area (Å²) in [6.45, 7) is 4.12. The largest absolute Gasteiger partial charge is 0.390 e. The molecule has 1 heterocycles. The first-order valence-electron chi connectivity index (χ1n) is 3.69. The molecule has 0 aromatic carbocycles. The zero-order valence-electron chi connectivity index (χ0n) is 6.63. The Labute approximate surface area is 67.8 Å². The number of rotatable bonds is 0. The van der Waals surface area contributed by atoms with E-state index in [0.29, 0.717) is 0 Å². The maximum atomic E-state index is 9.58. The van der Waals surface area contributed by atoms with Gasteiger partial charge in [-0.1, -0.05) is 11.8 Å². The normalized spacial score (nSPS) is 49.1. The SMILES string of the molecule is CC1(O)CCP(C)(=S)CC1. The van der Waals surface area contributed by atoms with Gasteiger partial charge in [0.2, 0.25) is 0 Å². The molecule has 0 atom stereocenters. The van der Waals surface area contributed by atoms with Crippen molar-refractivity contribution in [3.05, 3.63) is 0 Å². The number of aliphatic hydroxyl groups is 1. The highest BCUT2D eigenvalue weighted by Gasteiger charge is 2.29. The molecule has 1 fully saturated rings. The molecule has 3 heteroatoms. The van der Waals surface area contributed by atoms with Crippen molar-refractivity contribution < 1.29 is 5.11 Å². The van der Waals surface area contributed by atoms with Crippen LogP contribution in [-0.2, 0) is 11.8 Å². The van der Waals surface area contributed by atoms with Gasteiger partial charge in [-0.25, -0.2) is 0 Å². The fraction of sp³-hybridized carbons (Fsp3) is 1.00. The molecule has 0 amide bonds. The third kappa shape index (κ3) is 2.34. The first-order chi connectivity index (χ1) is 4.41. The predicted molar refractivity (Wildman–Crippen MR) is 49.8 cm³/mol. The topological polar surface area (TPSA) is 20.2 Å². The summed E-state index contributed by atoms with van der Waals surface area (Å²) in [7, 11) is 0. The van der Waals surface area contributed by atoms with Crippen molar-refractivity contribution in [2.75, 3.05) is 19.0 Å². The van der Waals surface area contributed by atoms with Crippen LogP contribution in [0, 0.1) is 0 Å². The van der Waals surface area contributed by atoms with E-state index in [9.17, 15) is 5.11 Å². The molecule has 1 N–H and O–H groups in total. The Morgan fingerprint density at radius 3 is 2.10 bits per heavy atom. The summed E-state index contributed by atoms with van der Waals surface area (Å²) in [5, 5.41) is 9.58. The van der Waals surface area contributed by atoms with Gasteiger partial charge in [-0.15, -0.1) is 0 Å². The van der Waals surface area contributed by atoms with Gasteiger partial charge in [0.25, 0.3) is 0 Å². The van der Waals surface area contributed by atoms with Gasteiger partial charge in [0.1, 0.15) is 0 Å². The lowest BCUT2D eigenvalue weighted by atomic mass is 10.0. The van der Waals surface area contributed by atoms with Gasteiger partial charge < -0.3 is 5.11 Å². The fourth-order valence-electron chi connectivity index (χ4n) is 1.19. The summed E-state index contributed by atoms with van der Waals surface area (Å²) in [6, 6.07) is -0.993. The van der Waals surface area contributed by atoms with E-state index in [0.717, 1.165) is 25.2 Å². The Bertz CT molecular complexity index is 162. The summed E-state index contributed by atoms with van der Waals surface area (Å²) < 4.78 is 0. The highest BCUT2D eigenvalue weighted by Crippen LogP contribution is 2.49. The summed E-state index contributed by atoms with van der Waals surface area (Å²) in [4.78, 5) is 0. The lowest BCUT2D eigenvalue weighted by molar-refractivity contribution is 0.0507. The molecular weight excluding hydrogens is 163 g/mol. The van der Waals surface area contributed by atoms with Gasteiger partial charge >= 0.3 is 0 Å². The van der Waals surface area contributed by atoms with Crippen molar-refractivity contribution in [3.8, 4) is 0 Å². The molecule has 0 saturated carbocycles. The molecule has 0 unspecified atom stereocenters. The van der Waals surface area contributed by atoms with Gasteiger partial charge in [0.05, 0.1) is 5.60 Å². The summed E-state index contributed by atoms with van der Waals surface area (Å²) in [5.41, 5.74) is -0.404. The van der Waals surface area contributed by atoms with E-state index in [1.807, 2.05) is 6.92 Å². The smallest absolute Gasteiger partial charge is 0.0627 e. The molecule has 10 heavy (non-hydrogen) atoms. The fourth-order valence-corrected chi connectivity index (χ4v) is 3.87. The Morgan fingerprint density at radius 1 is 1.40 bits per heavy atom. The minimum Gasteiger partial charge on any atom is -0.390 e. The van der Waals surface area contributed by atoms with E-state index in [4.69, 9.17) is 11.8 Å². The van der Waals surface area contributed by atoms with Gasteiger partial charge in [0.15, 0.2) is 0 Å². The second-order valence-corrected chi connectivity index (χ2v) is 9.87. The van der Waals surface area contributed by atoms with Crippen LogP contribution in [0.5, 0.6) is 0 Å².